The van der Waals surface area contributed by atoms with Crippen LogP contribution in [0, 0.1) is 11.2 Å². The predicted molar refractivity (Wildman–Crippen MR) is 130 cm³/mol. The van der Waals surface area contributed by atoms with Crippen molar-refractivity contribution >= 4 is 11.9 Å². The highest BCUT2D eigenvalue weighted by atomic mass is 19.1. The lowest BCUT2D eigenvalue weighted by Crippen LogP contribution is -2.32. The molecule has 0 radical (unpaired) electrons. The van der Waals surface area contributed by atoms with Crippen molar-refractivity contribution in [2.75, 3.05) is 13.7 Å². The molecule has 0 fully saturated rings. The van der Waals surface area contributed by atoms with E-state index in [4.69, 9.17) is 9.47 Å². The number of carbonyl (C=O) groups excluding carboxylic acids is 1. The molecule has 0 aliphatic heterocycles. The smallest absolute Gasteiger partial charge is 0.305 e. The highest BCUT2D eigenvalue weighted by Gasteiger charge is 2.26. The highest BCUT2D eigenvalue weighted by Crippen LogP contribution is 2.26. The number of benzene rings is 2. The number of aromatic nitrogens is 2. The van der Waals surface area contributed by atoms with Crippen LogP contribution in [0.15, 0.2) is 54.6 Å². The first-order valence-electron chi connectivity index (χ1n) is 11.3. The third-order valence-corrected chi connectivity index (χ3v) is 5.58. The van der Waals surface area contributed by atoms with Crippen molar-refractivity contribution in [3.05, 3.63) is 71.7 Å². The molecule has 1 amide bonds. The molecule has 3 aromatic rings. The molecule has 10 heteroatoms. The summed E-state index contributed by atoms with van der Waals surface area (Å²) in [5, 5.41) is 26.6. The molecule has 0 aliphatic rings. The largest absolute Gasteiger partial charge is 0.497 e. The topological polar surface area (TPSA) is 123 Å². The molecule has 0 aliphatic carbocycles. The minimum absolute atomic E-state index is 0.0489. The van der Waals surface area contributed by atoms with Crippen molar-refractivity contribution in [2.24, 2.45) is 5.41 Å². The number of aliphatic hydroxyl groups is 1. The summed E-state index contributed by atoms with van der Waals surface area (Å²) < 4.78 is 26.6. The molecule has 0 unspecified atom stereocenters. The number of amides is 1. The third-order valence-electron chi connectivity index (χ3n) is 5.58. The number of nitrogens with zero attached hydrogens (tertiary/aromatic N) is 2. The van der Waals surface area contributed by atoms with Crippen LogP contribution in [0.1, 0.15) is 49.3 Å². The van der Waals surface area contributed by atoms with Crippen LogP contribution in [0.4, 0.5) is 4.39 Å². The average molecular weight is 500 g/mol. The fourth-order valence-corrected chi connectivity index (χ4v) is 3.28. The second-order valence-corrected chi connectivity index (χ2v) is 9.32. The molecule has 0 saturated heterocycles. The van der Waals surface area contributed by atoms with Crippen LogP contribution in [0.5, 0.6) is 11.6 Å². The van der Waals surface area contributed by atoms with Gasteiger partial charge in [-0.2, -0.15) is 9.78 Å². The maximum atomic E-state index is 14.5. The van der Waals surface area contributed by atoms with E-state index in [0.717, 1.165) is 4.68 Å². The van der Waals surface area contributed by atoms with E-state index >= 15 is 0 Å². The first-order chi connectivity index (χ1) is 17.0. The molecular formula is C26H30FN3O6. The number of aliphatic carboxylic acids is 1. The van der Waals surface area contributed by atoms with Crippen molar-refractivity contribution < 1.29 is 33.7 Å². The molecule has 1 aromatic heterocycles. The van der Waals surface area contributed by atoms with Gasteiger partial charge in [0.05, 0.1) is 25.7 Å². The van der Waals surface area contributed by atoms with Gasteiger partial charge in [0.25, 0.3) is 5.91 Å². The lowest BCUT2D eigenvalue weighted by molar-refractivity contribution is -0.137. The van der Waals surface area contributed by atoms with E-state index in [9.17, 15) is 24.2 Å². The molecule has 36 heavy (non-hydrogen) atoms. The van der Waals surface area contributed by atoms with Gasteiger partial charge in [-0.1, -0.05) is 45.0 Å². The van der Waals surface area contributed by atoms with Crippen LogP contribution in [-0.2, 0) is 4.79 Å². The number of methoxy groups -OCH3 is 1. The lowest BCUT2D eigenvalue weighted by Gasteiger charge is -2.25. The van der Waals surface area contributed by atoms with Gasteiger partial charge in [0, 0.05) is 6.07 Å². The first-order valence-corrected chi connectivity index (χ1v) is 11.3. The van der Waals surface area contributed by atoms with E-state index in [0.29, 0.717) is 11.3 Å². The molecule has 3 N–H and O–H groups in total. The van der Waals surface area contributed by atoms with Crippen LogP contribution in [0.25, 0.3) is 5.69 Å². The summed E-state index contributed by atoms with van der Waals surface area (Å²) in [4.78, 5) is 24.6. The summed E-state index contributed by atoms with van der Waals surface area (Å²) in [6.45, 7) is 5.42. The van der Waals surface area contributed by atoms with E-state index in [-0.39, 0.29) is 30.3 Å². The molecule has 2 atom stereocenters. The van der Waals surface area contributed by atoms with Gasteiger partial charge in [-0.25, -0.2) is 4.39 Å². The first kappa shape index (κ1) is 26.7. The summed E-state index contributed by atoms with van der Waals surface area (Å²) in [6, 6.07) is 13.0. The van der Waals surface area contributed by atoms with Crippen molar-refractivity contribution in [2.45, 2.75) is 39.3 Å². The minimum Gasteiger partial charge on any atom is -0.497 e. The van der Waals surface area contributed by atoms with Gasteiger partial charge < -0.3 is 25.0 Å². The van der Waals surface area contributed by atoms with Crippen molar-refractivity contribution in [3.8, 4) is 17.3 Å². The molecule has 9 nitrogen and oxygen atoms in total. The number of aliphatic hydroxyl groups excluding tert-OH is 1. The molecule has 0 saturated carbocycles. The second kappa shape index (κ2) is 11.2. The van der Waals surface area contributed by atoms with Gasteiger partial charge in [0.2, 0.25) is 5.88 Å². The summed E-state index contributed by atoms with van der Waals surface area (Å²) in [5.74, 6) is -1.73. The summed E-state index contributed by atoms with van der Waals surface area (Å²) in [6.07, 6.45) is -1.21. The van der Waals surface area contributed by atoms with E-state index in [1.807, 2.05) is 20.8 Å². The molecule has 0 spiro atoms. The number of para-hydroxylation sites is 1. The summed E-state index contributed by atoms with van der Waals surface area (Å²) in [5.41, 5.74) is 0.0344. The quantitative estimate of drug-likeness (QED) is 0.388. The Morgan fingerprint density at radius 2 is 1.81 bits per heavy atom. The molecule has 192 valence electrons. The predicted octanol–water partition coefficient (Wildman–Crippen LogP) is 3.75. The van der Waals surface area contributed by atoms with Gasteiger partial charge in [0.15, 0.2) is 5.69 Å². The third kappa shape index (κ3) is 6.60. The molecular weight excluding hydrogens is 469 g/mol. The average Bonchev–Trinajstić information content (AvgIpc) is 3.25. The van der Waals surface area contributed by atoms with Crippen LogP contribution < -0.4 is 14.8 Å². The molecule has 2 aromatic carbocycles. The SMILES string of the molecule is COc1ccc([C@H](CC(=O)O)NC(=O)c2cc(OC[C@@H](O)C(C)(C)C)n(-c3ccccc3F)n2)cc1. The van der Waals surface area contributed by atoms with Crippen molar-refractivity contribution in [1.29, 1.82) is 0 Å². The number of hydrogen-bond donors (Lipinski definition) is 3. The Morgan fingerprint density at radius 3 is 2.39 bits per heavy atom. The minimum atomic E-state index is -1.10. The van der Waals surface area contributed by atoms with E-state index in [1.165, 1.54) is 31.4 Å². The number of carboxylic acids is 1. The zero-order valence-corrected chi connectivity index (χ0v) is 20.6. The number of halogens is 1. The Balaban J connectivity index is 1.91. The Bertz CT molecular complexity index is 1200. The normalized spacial score (nSPS) is 13.1. The monoisotopic (exact) mass is 499 g/mol. The van der Waals surface area contributed by atoms with Gasteiger partial charge >= 0.3 is 5.97 Å². The van der Waals surface area contributed by atoms with E-state index < -0.39 is 35.3 Å². The van der Waals surface area contributed by atoms with Crippen molar-refractivity contribution in [3.63, 3.8) is 0 Å². The van der Waals surface area contributed by atoms with Crippen LogP contribution in [0.3, 0.4) is 0 Å². The van der Waals surface area contributed by atoms with Gasteiger partial charge in [0.1, 0.15) is 23.9 Å². The number of nitrogens with one attached hydrogen (secondary N) is 1. The number of rotatable bonds is 10. The molecule has 0 bridgehead atoms. The summed E-state index contributed by atoms with van der Waals surface area (Å²) >= 11 is 0. The number of ether oxygens (including phenoxy) is 2. The molecule has 1 heterocycles. The highest BCUT2D eigenvalue weighted by molar-refractivity contribution is 5.93. The Kier molecular flexibility index (Phi) is 8.31. The number of hydrogen-bond acceptors (Lipinski definition) is 6. The van der Waals surface area contributed by atoms with Crippen LogP contribution in [-0.4, -0.2) is 51.7 Å². The van der Waals surface area contributed by atoms with E-state index in [1.54, 1.807) is 30.3 Å². The van der Waals surface area contributed by atoms with E-state index in [2.05, 4.69) is 10.4 Å². The van der Waals surface area contributed by atoms with Gasteiger partial charge in [-0.15, -0.1) is 0 Å². The standard InChI is InChI=1S/C26H30FN3O6/c1-26(2,3)22(31)15-36-23-13-20(29-30(23)21-8-6-5-7-18(21)27)25(34)28-19(14-24(32)33)16-9-11-17(35-4)12-10-16/h5-13,19,22,31H,14-15H2,1-4H3,(H,28,34)(H,32,33)/t19-,22+/m0/s1. The maximum absolute atomic E-state index is 14.5. The number of carbonyl (C=O) groups is 2. The fraction of sp³-hybridized carbons (Fsp3) is 0.346. The zero-order valence-electron chi connectivity index (χ0n) is 20.6. The Hall–Kier alpha value is -3.92. The van der Waals surface area contributed by atoms with Gasteiger partial charge in [-0.05, 0) is 35.2 Å². The lowest BCUT2D eigenvalue weighted by atomic mass is 9.90. The van der Waals surface area contributed by atoms with Gasteiger partial charge in [-0.3, -0.25) is 9.59 Å². The van der Waals surface area contributed by atoms with Crippen LogP contribution in [0.2, 0.25) is 0 Å². The Morgan fingerprint density at radius 1 is 1.14 bits per heavy atom. The fourth-order valence-electron chi connectivity index (χ4n) is 3.28. The summed E-state index contributed by atoms with van der Waals surface area (Å²) in [7, 11) is 1.51. The Labute approximate surface area is 208 Å². The van der Waals surface area contributed by atoms with Crippen LogP contribution >= 0.6 is 0 Å². The maximum Gasteiger partial charge on any atom is 0.305 e. The van der Waals surface area contributed by atoms with Crippen molar-refractivity contribution in [1.82, 2.24) is 15.1 Å². The number of carboxylic acid groups (broad SMARTS) is 1. The zero-order chi connectivity index (χ0) is 26.5. The molecule has 3 rings (SSSR count). The second-order valence-electron chi connectivity index (χ2n) is 9.32.